The molecule has 0 unspecified atom stereocenters. The number of esters is 1. The fourth-order valence-corrected chi connectivity index (χ4v) is 3.00. The zero-order valence-corrected chi connectivity index (χ0v) is 13.5. The van der Waals surface area contributed by atoms with Gasteiger partial charge < -0.3 is 9.47 Å². The largest absolute Gasteiger partial charge is 0.493 e. The van der Waals surface area contributed by atoms with E-state index < -0.39 is 0 Å². The van der Waals surface area contributed by atoms with Gasteiger partial charge in [0.05, 0.1) is 19.3 Å². The highest BCUT2D eigenvalue weighted by molar-refractivity contribution is 5.93. The third kappa shape index (κ3) is 3.00. The molecule has 0 radical (unpaired) electrons. The predicted octanol–water partition coefficient (Wildman–Crippen LogP) is 4.25. The summed E-state index contributed by atoms with van der Waals surface area (Å²) in [5.74, 6) is 0.563. The standard InChI is InChI=1S/C20H20O3/c1-3-23-19-10-5-4-8-17(19)16-9-6-7-14-11-12-15(13-18(14)16)20(21)22-2/h4-5,8-13H,3,6-7H2,1-2H3. The summed E-state index contributed by atoms with van der Waals surface area (Å²) in [5, 5.41) is 0. The van der Waals surface area contributed by atoms with E-state index in [9.17, 15) is 4.79 Å². The molecule has 0 saturated heterocycles. The Morgan fingerprint density at radius 2 is 1.96 bits per heavy atom. The van der Waals surface area contributed by atoms with Gasteiger partial charge in [0, 0.05) is 5.56 Å². The number of hydrogen-bond donors (Lipinski definition) is 0. The molecule has 2 aromatic carbocycles. The molecular formula is C20H20O3. The van der Waals surface area contributed by atoms with Crippen LogP contribution in [0.2, 0.25) is 0 Å². The van der Waals surface area contributed by atoms with Crippen molar-refractivity contribution < 1.29 is 14.3 Å². The van der Waals surface area contributed by atoms with Gasteiger partial charge in [0.25, 0.3) is 0 Å². The lowest BCUT2D eigenvalue weighted by Crippen LogP contribution is -2.07. The fourth-order valence-electron chi connectivity index (χ4n) is 3.00. The Labute approximate surface area is 136 Å². The second kappa shape index (κ2) is 6.69. The van der Waals surface area contributed by atoms with E-state index in [1.54, 1.807) is 0 Å². The smallest absolute Gasteiger partial charge is 0.337 e. The second-order valence-corrected chi connectivity index (χ2v) is 5.45. The second-order valence-electron chi connectivity index (χ2n) is 5.45. The lowest BCUT2D eigenvalue weighted by Gasteiger charge is -2.21. The Kier molecular flexibility index (Phi) is 4.47. The monoisotopic (exact) mass is 308 g/mol. The molecule has 0 fully saturated rings. The van der Waals surface area contributed by atoms with E-state index >= 15 is 0 Å². The first-order valence-corrected chi connectivity index (χ1v) is 7.88. The van der Waals surface area contributed by atoms with Crippen molar-refractivity contribution in [3.63, 3.8) is 0 Å². The zero-order valence-electron chi connectivity index (χ0n) is 13.5. The molecule has 23 heavy (non-hydrogen) atoms. The van der Waals surface area contributed by atoms with E-state index in [2.05, 4.69) is 12.1 Å². The summed E-state index contributed by atoms with van der Waals surface area (Å²) in [4.78, 5) is 11.8. The predicted molar refractivity (Wildman–Crippen MR) is 90.8 cm³/mol. The average Bonchev–Trinajstić information content (AvgIpc) is 2.61. The van der Waals surface area contributed by atoms with Gasteiger partial charge in [0.1, 0.15) is 5.75 Å². The molecule has 3 nitrogen and oxygen atoms in total. The van der Waals surface area contributed by atoms with Crippen LogP contribution in [0.4, 0.5) is 0 Å². The van der Waals surface area contributed by atoms with Crippen molar-refractivity contribution in [2.45, 2.75) is 19.8 Å². The third-order valence-corrected chi connectivity index (χ3v) is 4.06. The molecule has 0 saturated carbocycles. The van der Waals surface area contributed by atoms with E-state index in [1.165, 1.54) is 12.7 Å². The van der Waals surface area contributed by atoms with E-state index in [0.29, 0.717) is 12.2 Å². The minimum absolute atomic E-state index is 0.309. The molecule has 2 aromatic rings. The van der Waals surface area contributed by atoms with E-state index in [0.717, 1.165) is 35.3 Å². The minimum atomic E-state index is -0.309. The van der Waals surface area contributed by atoms with Crippen LogP contribution < -0.4 is 4.74 Å². The molecule has 1 aliphatic rings. The van der Waals surface area contributed by atoms with Crippen LogP contribution in [0.1, 0.15) is 40.4 Å². The van der Waals surface area contributed by atoms with Crippen molar-refractivity contribution in [1.82, 2.24) is 0 Å². The van der Waals surface area contributed by atoms with Crippen molar-refractivity contribution in [2.75, 3.05) is 13.7 Å². The topological polar surface area (TPSA) is 35.5 Å². The number of allylic oxidation sites excluding steroid dienone is 1. The lowest BCUT2D eigenvalue weighted by molar-refractivity contribution is 0.0600. The number of hydrogen-bond acceptors (Lipinski definition) is 3. The van der Waals surface area contributed by atoms with Gasteiger partial charge in [-0.3, -0.25) is 0 Å². The Morgan fingerprint density at radius 3 is 2.74 bits per heavy atom. The Hall–Kier alpha value is -2.55. The number of fused-ring (bicyclic) bond motifs is 1. The number of benzene rings is 2. The number of methoxy groups -OCH3 is 1. The summed E-state index contributed by atoms with van der Waals surface area (Å²) in [6.45, 7) is 2.61. The molecule has 3 rings (SSSR count). The van der Waals surface area contributed by atoms with E-state index in [-0.39, 0.29) is 5.97 Å². The zero-order chi connectivity index (χ0) is 16.2. The summed E-state index contributed by atoms with van der Waals surface area (Å²) < 4.78 is 10.6. The number of para-hydroxylation sites is 1. The third-order valence-electron chi connectivity index (χ3n) is 4.06. The Morgan fingerprint density at radius 1 is 1.13 bits per heavy atom. The van der Waals surface area contributed by atoms with Crippen LogP contribution in [0.15, 0.2) is 48.5 Å². The van der Waals surface area contributed by atoms with Gasteiger partial charge in [-0.25, -0.2) is 4.79 Å². The number of aryl methyl sites for hydroxylation is 1. The summed E-state index contributed by atoms with van der Waals surface area (Å²) in [7, 11) is 1.41. The van der Waals surface area contributed by atoms with Gasteiger partial charge in [-0.05, 0) is 54.7 Å². The summed E-state index contributed by atoms with van der Waals surface area (Å²) >= 11 is 0. The first kappa shape index (κ1) is 15.3. The lowest BCUT2D eigenvalue weighted by atomic mass is 9.85. The maximum atomic E-state index is 11.8. The summed E-state index contributed by atoms with van der Waals surface area (Å²) in [5.41, 5.74) is 5.11. The van der Waals surface area contributed by atoms with E-state index in [1.807, 2.05) is 43.3 Å². The Bertz CT molecular complexity index is 759. The van der Waals surface area contributed by atoms with Gasteiger partial charge in [-0.2, -0.15) is 0 Å². The van der Waals surface area contributed by atoms with Crippen LogP contribution in [0.3, 0.4) is 0 Å². The van der Waals surface area contributed by atoms with E-state index in [4.69, 9.17) is 9.47 Å². The first-order chi connectivity index (χ1) is 11.2. The molecule has 0 amide bonds. The molecule has 1 aliphatic carbocycles. The average molecular weight is 308 g/mol. The number of rotatable bonds is 4. The number of ether oxygens (including phenoxy) is 2. The molecule has 0 aromatic heterocycles. The first-order valence-electron chi connectivity index (χ1n) is 7.88. The molecule has 0 spiro atoms. The highest BCUT2D eigenvalue weighted by atomic mass is 16.5. The van der Waals surface area contributed by atoms with Gasteiger partial charge >= 0.3 is 5.97 Å². The fraction of sp³-hybridized carbons (Fsp3) is 0.250. The van der Waals surface area contributed by atoms with Crippen LogP contribution in [-0.4, -0.2) is 19.7 Å². The summed E-state index contributed by atoms with van der Waals surface area (Å²) in [6.07, 6.45) is 4.19. The molecule has 3 heteroatoms. The molecule has 0 heterocycles. The van der Waals surface area contributed by atoms with Crippen LogP contribution >= 0.6 is 0 Å². The maximum Gasteiger partial charge on any atom is 0.337 e. The van der Waals surface area contributed by atoms with Crippen LogP contribution in [0.25, 0.3) is 5.57 Å². The summed E-state index contributed by atoms with van der Waals surface area (Å²) in [6, 6.07) is 13.8. The van der Waals surface area contributed by atoms with Crippen LogP contribution in [-0.2, 0) is 11.2 Å². The van der Waals surface area contributed by atoms with Gasteiger partial charge in [-0.15, -0.1) is 0 Å². The molecule has 118 valence electrons. The van der Waals surface area contributed by atoms with Crippen LogP contribution in [0.5, 0.6) is 5.75 Å². The van der Waals surface area contributed by atoms with Crippen LogP contribution in [0, 0.1) is 0 Å². The maximum absolute atomic E-state index is 11.8. The SMILES string of the molecule is CCOc1ccccc1C1=CCCc2ccc(C(=O)OC)cc21. The Balaban J connectivity index is 2.10. The van der Waals surface area contributed by atoms with Gasteiger partial charge in [-0.1, -0.05) is 30.3 Å². The quantitative estimate of drug-likeness (QED) is 0.792. The van der Waals surface area contributed by atoms with Crippen molar-refractivity contribution in [2.24, 2.45) is 0 Å². The number of carbonyl (C=O) groups excluding carboxylic acids is 1. The molecule has 0 atom stereocenters. The van der Waals surface area contributed by atoms with Crippen molar-refractivity contribution in [3.8, 4) is 5.75 Å². The van der Waals surface area contributed by atoms with Crippen molar-refractivity contribution >= 4 is 11.5 Å². The molecule has 0 aliphatic heterocycles. The minimum Gasteiger partial charge on any atom is -0.493 e. The van der Waals surface area contributed by atoms with Gasteiger partial charge in [0.2, 0.25) is 0 Å². The highest BCUT2D eigenvalue weighted by Crippen LogP contribution is 2.36. The van der Waals surface area contributed by atoms with Crippen molar-refractivity contribution in [3.05, 3.63) is 70.8 Å². The number of carbonyl (C=O) groups is 1. The normalized spacial score (nSPS) is 13.0. The molecule has 0 bridgehead atoms. The van der Waals surface area contributed by atoms with Crippen molar-refractivity contribution in [1.29, 1.82) is 0 Å². The van der Waals surface area contributed by atoms with Gasteiger partial charge in [0.15, 0.2) is 0 Å². The highest BCUT2D eigenvalue weighted by Gasteiger charge is 2.19. The molecular weight excluding hydrogens is 288 g/mol. The molecule has 0 N–H and O–H groups in total.